The monoisotopic (exact) mass is 303 g/mol. The highest BCUT2D eigenvalue weighted by Gasteiger charge is 2.36. The zero-order valence-corrected chi connectivity index (χ0v) is 11.0. The minimum absolute atomic E-state index is 0.000116. The molecule has 2 rings (SSSR count). The molecule has 114 valence electrons. The molecule has 0 radical (unpaired) electrons. The number of hydrogen-bond donors (Lipinski definition) is 1. The molecule has 0 unspecified atom stereocenters. The Morgan fingerprint density at radius 2 is 2.14 bits per heavy atom. The molecule has 0 fully saturated rings. The number of carbonyl (C=O) groups is 1. The van der Waals surface area contributed by atoms with Crippen LogP contribution in [0.2, 0.25) is 0 Å². The second-order valence-electron chi connectivity index (χ2n) is 4.80. The highest BCUT2D eigenvalue weighted by molar-refractivity contribution is 5.97. The van der Waals surface area contributed by atoms with Gasteiger partial charge in [0.15, 0.2) is 0 Å². The third-order valence-electron chi connectivity index (χ3n) is 3.14. The lowest BCUT2D eigenvalue weighted by Crippen LogP contribution is -2.40. The first-order valence-corrected chi connectivity index (χ1v) is 6.09. The highest BCUT2D eigenvalue weighted by Crippen LogP contribution is 2.36. The number of hydrogen-bond acceptors (Lipinski definition) is 4. The number of benzene rings is 1. The van der Waals surface area contributed by atoms with Crippen molar-refractivity contribution < 1.29 is 22.9 Å². The average Bonchev–Trinajstić information content (AvgIpc) is 2.44. The summed E-state index contributed by atoms with van der Waals surface area (Å²) in [6.07, 6.45) is -4.61. The Morgan fingerprint density at radius 3 is 2.71 bits per heavy atom. The summed E-state index contributed by atoms with van der Waals surface area (Å²) in [7, 11) is 0. The van der Waals surface area contributed by atoms with Gasteiger partial charge in [-0.25, -0.2) is 0 Å². The maximum atomic E-state index is 12.7. The lowest BCUT2D eigenvalue weighted by molar-refractivity contribution is -0.384. The van der Waals surface area contributed by atoms with Gasteiger partial charge in [0, 0.05) is 24.6 Å². The number of halogens is 3. The first-order valence-electron chi connectivity index (χ1n) is 6.09. The van der Waals surface area contributed by atoms with Crippen LogP contribution in [-0.4, -0.2) is 29.6 Å². The molecular weight excluding hydrogens is 291 g/mol. The van der Waals surface area contributed by atoms with Crippen LogP contribution in [0.15, 0.2) is 18.2 Å². The molecule has 0 aromatic heterocycles. The van der Waals surface area contributed by atoms with Gasteiger partial charge in [0.1, 0.15) is 6.54 Å². The van der Waals surface area contributed by atoms with E-state index < -0.39 is 29.6 Å². The van der Waals surface area contributed by atoms with Gasteiger partial charge in [0.05, 0.1) is 16.3 Å². The highest BCUT2D eigenvalue weighted by atomic mass is 19.4. The predicted molar refractivity (Wildman–Crippen MR) is 69.2 cm³/mol. The number of nitrogens with zero attached hydrogens (tertiary/aromatic N) is 2. The minimum Gasteiger partial charge on any atom is -0.357 e. The van der Waals surface area contributed by atoms with Gasteiger partial charge in [-0.1, -0.05) is 0 Å². The quantitative estimate of drug-likeness (QED) is 0.673. The van der Waals surface area contributed by atoms with Crippen molar-refractivity contribution in [2.75, 3.05) is 16.8 Å². The van der Waals surface area contributed by atoms with Gasteiger partial charge in [-0.15, -0.1) is 0 Å². The van der Waals surface area contributed by atoms with Crippen LogP contribution in [0.4, 0.5) is 30.2 Å². The van der Waals surface area contributed by atoms with Crippen LogP contribution in [0, 0.1) is 10.1 Å². The van der Waals surface area contributed by atoms with Crippen molar-refractivity contribution in [1.82, 2.24) is 0 Å². The lowest BCUT2D eigenvalue weighted by Gasteiger charge is -2.30. The van der Waals surface area contributed by atoms with Crippen molar-refractivity contribution in [2.45, 2.75) is 25.6 Å². The van der Waals surface area contributed by atoms with Crippen LogP contribution in [-0.2, 0) is 4.79 Å². The molecule has 1 amide bonds. The van der Waals surface area contributed by atoms with E-state index in [9.17, 15) is 28.1 Å². The second kappa shape index (κ2) is 5.23. The first-order chi connectivity index (χ1) is 9.67. The normalized spacial score (nSPS) is 18.8. The Labute approximate surface area is 117 Å². The fourth-order valence-corrected chi connectivity index (χ4v) is 2.23. The van der Waals surface area contributed by atoms with Crippen molar-refractivity contribution >= 4 is 23.0 Å². The number of rotatable bonds is 2. The number of nitro benzene ring substituents is 1. The molecule has 1 heterocycles. The predicted octanol–water partition coefficient (Wildman–Crippen LogP) is 2.69. The van der Waals surface area contributed by atoms with Gasteiger partial charge in [0.25, 0.3) is 5.69 Å². The molecule has 6 nitrogen and oxygen atoms in total. The summed E-state index contributed by atoms with van der Waals surface area (Å²) in [5.74, 6) is -0.428. The summed E-state index contributed by atoms with van der Waals surface area (Å²) in [5.41, 5.74) is -0.191. The van der Waals surface area contributed by atoms with Crippen molar-refractivity contribution in [1.29, 1.82) is 0 Å². The first kappa shape index (κ1) is 15.1. The summed E-state index contributed by atoms with van der Waals surface area (Å²) < 4.78 is 38.1. The molecule has 1 N–H and O–H groups in total. The van der Waals surface area contributed by atoms with E-state index in [4.69, 9.17) is 0 Å². The molecule has 0 spiro atoms. The number of alkyl halides is 3. The van der Waals surface area contributed by atoms with E-state index in [2.05, 4.69) is 5.32 Å². The third-order valence-corrected chi connectivity index (χ3v) is 3.14. The summed E-state index contributed by atoms with van der Waals surface area (Å²) >= 11 is 0. The summed E-state index contributed by atoms with van der Waals surface area (Å²) in [5, 5.41) is 13.3. The van der Waals surface area contributed by atoms with Crippen LogP contribution >= 0.6 is 0 Å². The molecule has 0 aliphatic carbocycles. The van der Waals surface area contributed by atoms with E-state index >= 15 is 0 Å². The van der Waals surface area contributed by atoms with Crippen molar-refractivity contribution in [3.8, 4) is 0 Å². The van der Waals surface area contributed by atoms with Crippen LogP contribution in [0.1, 0.15) is 13.3 Å². The zero-order valence-electron chi connectivity index (χ0n) is 11.0. The lowest BCUT2D eigenvalue weighted by atomic mass is 10.1. The number of nitro groups is 1. The van der Waals surface area contributed by atoms with Crippen molar-refractivity contribution in [2.24, 2.45) is 0 Å². The Kier molecular flexibility index (Phi) is 3.75. The van der Waals surface area contributed by atoms with E-state index in [0.29, 0.717) is 0 Å². The second-order valence-corrected chi connectivity index (χ2v) is 4.80. The van der Waals surface area contributed by atoms with Crippen LogP contribution in [0.5, 0.6) is 0 Å². The molecule has 21 heavy (non-hydrogen) atoms. The molecule has 0 bridgehead atoms. The van der Waals surface area contributed by atoms with E-state index in [-0.39, 0.29) is 23.5 Å². The topological polar surface area (TPSA) is 75.5 Å². The zero-order chi connectivity index (χ0) is 15.8. The van der Waals surface area contributed by atoms with E-state index in [1.807, 2.05) is 0 Å². The number of fused-ring (bicyclic) bond motifs is 1. The number of nitrogens with one attached hydrogen (secondary N) is 1. The van der Waals surface area contributed by atoms with Crippen LogP contribution in [0.3, 0.4) is 0 Å². The summed E-state index contributed by atoms with van der Waals surface area (Å²) in [4.78, 5) is 22.7. The van der Waals surface area contributed by atoms with Gasteiger partial charge < -0.3 is 10.2 Å². The van der Waals surface area contributed by atoms with Crippen molar-refractivity contribution in [3.05, 3.63) is 28.3 Å². The van der Waals surface area contributed by atoms with Crippen LogP contribution < -0.4 is 10.2 Å². The van der Waals surface area contributed by atoms with Gasteiger partial charge in [-0.2, -0.15) is 13.2 Å². The fourth-order valence-electron chi connectivity index (χ4n) is 2.23. The Balaban J connectivity index is 2.51. The average molecular weight is 303 g/mol. The largest absolute Gasteiger partial charge is 0.405 e. The SMILES string of the molecule is C[C@H]1CC(=O)Nc2ccc([N+](=O)[O-])cc2N1CC(F)(F)F. The fraction of sp³-hybridized carbons (Fsp3) is 0.417. The molecule has 0 saturated carbocycles. The number of non-ortho nitro benzene ring substituents is 1. The summed E-state index contributed by atoms with van der Waals surface area (Å²) in [6.45, 7) is 0.191. The Hall–Kier alpha value is -2.32. The maximum absolute atomic E-state index is 12.7. The Bertz CT molecular complexity index is 589. The molecule has 0 saturated heterocycles. The smallest absolute Gasteiger partial charge is 0.357 e. The molecule has 1 aliphatic heterocycles. The van der Waals surface area contributed by atoms with Gasteiger partial charge in [0.2, 0.25) is 5.91 Å². The van der Waals surface area contributed by atoms with Gasteiger partial charge >= 0.3 is 6.18 Å². The number of anilines is 2. The Morgan fingerprint density at radius 1 is 1.48 bits per heavy atom. The van der Waals surface area contributed by atoms with E-state index in [0.717, 1.165) is 17.0 Å². The molecule has 9 heteroatoms. The maximum Gasteiger partial charge on any atom is 0.405 e. The summed E-state index contributed by atoms with van der Waals surface area (Å²) in [6, 6.07) is 2.70. The number of carbonyl (C=O) groups excluding carboxylic acids is 1. The molecule has 1 aliphatic rings. The number of amides is 1. The molecule has 1 atom stereocenters. The van der Waals surface area contributed by atoms with Gasteiger partial charge in [-0.05, 0) is 13.0 Å². The molecule has 1 aromatic carbocycles. The third kappa shape index (κ3) is 3.41. The standard InChI is InChI=1S/C12H12F3N3O3/c1-7-4-11(19)16-9-3-2-8(18(20)21)5-10(9)17(7)6-12(13,14)15/h2-3,5,7H,4,6H2,1H3,(H,16,19)/t7-/m0/s1. The van der Waals surface area contributed by atoms with Crippen LogP contribution in [0.25, 0.3) is 0 Å². The van der Waals surface area contributed by atoms with E-state index in [1.165, 1.54) is 13.0 Å². The van der Waals surface area contributed by atoms with Gasteiger partial charge in [-0.3, -0.25) is 14.9 Å². The molecule has 1 aromatic rings. The van der Waals surface area contributed by atoms with E-state index in [1.54, 1.807) is 0 Å². The molecular formula is C12H12F3N3O3. The van der Waals surface area contributed by atoms with Crippen molar-refractivity contribution in [3.63, 3.8) is 0 Å². The minimum atomic E-state index is -4.48.